The van der Waals surface area contributed by atoms with Gasteiger partial charge in [0.2, 0.25) is 0 Å². The molecule has 0 spiro atoms. The van der Waals surface area contributed by atoms with Crippen LogP contribution in [0, 0.1) is 13.8 Å². The van der Waals surface area contributed by atoms with Crippen molar-refractivity contribution in [3.63, 3.8) is 0 Å². The van der Waals surface area contributed by atoms with Crippen molar-refractivity contribution in [1.82, 2.24) is 0 Å². The molecule has 114 valence electrons. The lowest BCUT2D eigenvalue weighted by Gasteiger charge is -2.09. The van der Waals surface area contributed by atoms with Crippen molar-refractivity contribution < 1.29 is 19.8 Å². The average Bonchev–Trinajstić information content (AvgIpc) is 2.44. The van der Waals surface area contributed by atoms with Crippen molar-refractivity contribution >= 4 is 33.5 Å². The van der Waals surface area contributed by atoms with E-state index in [-0.39, 0.29) is 11.1 Å². The molecule has 0 atom stereocenters. The number of benzene rings is 2. The van der Waals surface area contributed by atoms with E-state index in [1.807, 2.05) is 13.8 Å². The van der Waals surface area contributed by atoms with Gasteiger partial charge in [0.15, 0.2) is 0 Å². The van der Waals surface area contributed by atoms with Crippen LogP contribution in [0.1, 0.15) is 31.8 Å². The van der Waals surface area contributed by atoms with Gasteiger partial charge in [-0.3, -0.25) is 0 Å². The first kappa shape index (κ1) is 16.5. The molecule has 0 bridgehead atoms. The molecule has 0 aliphatic rings. The molecule has 4 nitrogen and oxygen atoms in total. The molecule has 0 radical (unpaired) electrons. The molecule has 0 fully saturated rings. The Labute approximate surface area is 136 Å². The van der Waals surface area contributed by atoms with Crippen LogP contribution in [-0.2, 0) is 0 Å². The molecule has 6 heteroatoms. The predicted molar refractivity (Wildman–Crippen MR) is 88.0 cm³/mol. The lowest BCUT2D eigenvalue weighted by atomic mass is 10.1. The number of aromatic carboxylic acids is 2. The molecule has 22 heavy (non-hydrogen) atoms. The third-order valence-corrected chi connectivity index (χ3v) is 5.40. The fourth-order valence-electron chi connectivity index (χ4n) is 1.84. The van der Waals surface area contributed by atoms with E-state index in [9.17, 15) is 19.8 Å². The number of rotatable bonds is 5. The Balaban J connectivity index is 2.31. The third-order valence-electron chi connectivity index (χ3n) is 2.96. The molecular formula is C16H14O4S2. The van der Waals surface area contributed by atoms with Gasteiger partial charge >= 0.3 is 11.9 Å². The molecule has 0 amide bonds. The standard InChI is InChI=1S/C16H14O4S2/c1-9-3-5-11(15(17)18)13(7-9)21-22-14-8-10(2)4-6-12(14)16(19)20/h3-8H,1-2H3,(H,17,18)(H,19,20). The molecule has 0 aliphatic carbocycles. The van der Waals surface area contributed by atoms with E-state index in [1.54, 1.807) is 36.4 Å². The summed E-state index contributed by atoms with van der Waals surface area (Å²) >= 11 is 0. The smallest absolute Gasteiger partial charge is 0.336 e. The van der Waals surface area contributed by atoms with Gasteiger partial charge in [0.25, 0.3) is 0 Å². The van der Waals surface area contributed by atoms with Crippen molar-refractivity contribution in [2.24, 2.45) is 0 Å². The minimum Gasteiger partial charge on any atom is -0.478 e. The quantitative estimate of drug-likeness (QED) is 0.784. The van der Waals surface area contributed by atoms with Gasteiger partial charge in [0.1, 0.15) is 0 Å². The van der Waals surface area contributed by atoms with Gasteiger partial charge in [-0.05, 0) is 49.2 Å². The highest BCUT2D eigenvalue weighted by Gasteiger charge is 2.15. The second-order valence-electron chi connectivity index (χ2n) is 4.78. The topological polar surface area (TPSA) is 74.6 Å². The molecule has 0 unspecified atom stereocenters. The summed E-state index contributed by atoms with van der Waals surface area (Å²) in [6.45, 7) is 3.77. The number of aryl methyl sites for hydroxylation is 2. The number of hydrogen-bond acceptors (Lipinski definition) is 4. The lowest BCUT2D eigenvalue weighted by Crippen LogP contribution is -1.99. The summed E-state index contributed by atoms with van der Waals surface area (Å²) in [6, 6.07) is 10.2. The SMILES string of the molecule is Cc1ccc(C(=O)O)c(SSc2cc(C)ccc2C(=O)O)c1. The van der Waals surface area contributed by atoms with E-state index < -0.39 is 11.9 Å². The maximum Gasteiger partial charge on any atom is 0.336 e. The lowest BCUT2D eigenvalue weighted by molar-refractivity contribution is 0.0682. The van der Waals surface area contributed by atoms with Gasteiger partial charge in [-0.15, -0.1) is 0 Å². The summed E-state index contributed by atoms with van der Waals surface area (Å²) in [5.41, 5.74) is 2.34. The van der Waals surface area contributed by atoms with E-state index in [0.717, 1.165) is 11.1 Å². The van der Waals surface area contributed by atoms with Gasteiger partial charge in [0.05, 0.1) is 11.1 Å². The highest BCUT2D eigenvalue weighted by molar-refractivity contribution is 8.76. The predicted octanol–water partition coefficient (Wildman–Crippen LogP) is 4.50. The second-order valence-corrected chi connectivity index (χ2v) is 6.99. The molecule has 0 aliphatic heterocycles. The van der Waals surface area contributed by atoms with Crippen LogP contribution in [0.3, 0.4) is 0 Å². The van der Waals surface area contributed by atoms with Gasteiger partial charge < -0.3 is 10.2 Å². The summed E-state index contributed by atoms with van der Waals surface area (Å²) in [5, 5.41) is 18.4. The summed E-state index contributed by atoms with van der Waals surface area (Å²) < 4.78 is 0. The molecule has 2 aromatic carbocycles. The van der Waals surface area contributed by atoms with E-state index in [2.05, 4.69) is 0 Å². The molecule has 2 rings (SSSR count). The normalized spacial score (nSPS) is 10.5. The van der Waals surface area contributed by atoms with Crippen molar-refractivity contribution in [3.05, 3.63) is 58.7 Å². The highest BCUT2D eigenvalue weighted by Crippen LogP contribution is 2.41. The molecule has 0 aromatic heterocycles. The second kappa shape index (κ2) is 6.89. The fraction of sp³-hybridized carbons (Fsp3) is 0.125. The molecule has 0 saturated carbocycles. The van der Waals surface area contributed by atoms with Gasteiger partial charge in [0, 0.05) is 9.79 Å². The van der Waals surface area contributed by atoms with Crippen LogP contribution >= 0.6 is 21.6 Å². The van der Waals surface area contributed by atoms with E-state index >= 15 is 0 Å². The van der Waals surface area contributed by atoms with Crippen molar-refractivity contribution in [1.29, 1.82) is 0 Å². The van der Waals surface area contributed by atoms with Crippen LogP contribution in [0.15, 0.2) is 46.2 Å². The van der Waals surface area contributed by atoms with E-state index in [1.165, 1.54) is 21.6 Å². The van der Waals surface area contributed by atoms with Crippen LogP contribution < -0.4 is 0 Å². The van der Waals surface area contributed by atoms with Crippen molar-refractivity contribution in [3.8, 4) is 0 Å². The van der Waals surface area contributed by atoms with E-state index in [4.69, 9.17) is 0 Å². The van der Waals surface area contributed by atoms with Crippen molar-refractivity contribution in [2.75, 3.05) is 0 Å². The monoisotopic (exact) mass is 334 g/mol. The van der Waals surface area contributed by atoms with Gasteiger partial charge in [-0.1, -0.05) is 33.7 Å². The summed E-state index contributed by atoms with van der Waals surface area (Å²) in [4.78, 5) is 23.7. The largest absolute Gasteiger partial charge is 0.478 e. The summed E-state index contributed by atoms with van der Waals surface area (Å²) in [7, 11) is 2.51. The van der Waals surface area contributed by atoms with Crippen LogP contribution in [0.25, 0.3) is 0 Å². The first-order valence-corrected chi connectivity index (χ1v) is 8.56. The minimum absolute atomic E-state index is 0.215. The fourth-order valence-corrected chi connectivity index (χ4v) is 4.34. The molecule has 0 heterocycles. The first-order valence-electron chi connectivity index (χ1n) is 6.41. The number of carbonyl (C=O) groups is 2. The maximum absolute atomic E-state index is 11.3. The summed E-state index contributed by atoms with van der Waals surface area (Å²) in [6.07, 6.45) is 0. The Morgan fingerprint density at radius 1 is 0.773 bits per heavy atom. The average molecular weight is 334 g/mol. The molecular weight excluding hydrogens is 320 g/mol. The molecule has 2 aromatic rings. The van der Waals surface area contributed by atoms with Gasteiger partial charge in [-0.25, -0.2) is 9.59 Å². The zero-order valence-corrected chi connectivity index (χ0v) is 13.6. The summed E-state index contributed by atoms with van der Waals surface area (Å²) in [5.74, 6) is -1.99. The Bertz CT molecular complexity index is 677. The number of carboxylic acid groups (broad SMARTS) is 2. The molecule has 0 saturated heterocycles. The molecule has 2 N–H and O–H groups in total. The van der Waals surface area contributed by atoms with Gasteiger partial charge in [-0.2, -0.15) is 0 Å². The first-order chi connectivity index (χ1) is 10.4. The zero-order valence-electron chi connectivity index (χ0n) is 12.0. The Morgan fingerprint density at radius 3 is 1.45 bits per heavy atom. The van der Waals surface area contributed by atoms with Crippen molar-refractivity contribution in [2.45, 2.75) is 23.6 Å². The van der Waals surface area contributed by atoms with Crippen LogP contribution in [0.2, 0.25) is 0 Å². The Morgan fingerprint density at radius 2 is 1.14 bits per heavy atom. The number of hydrogen-bond donors (Lipinski definition) is 2. The number of carboxylic acids is 2. The zero-order chi connectivity index (χ0) is 16.3. The van der Waals surface area contributed by atoms with Crippen LogP contribution in [0.5, 0.6) is 0 Å². The third kappa shape index (κ3) is 3.84. The van der Waals surface area contributed by atoms with E-state index in [0.29, 0.717) is 9.79 Å². The minimum atomic E-state index is -0.995. The Kier molecular flexibility index (Phi) is 5.15. The van der Waals surface area contributed by atoms with Crippen LogP contribution in [0.4, 0.5) is 0 Å². The highest BCUT2D eigenvalue weighted by atomic mass is 33.1. The van der Waals surface area contributed by atoms with Crippen LogP contribution in [-0.4, -0.2) is 22.2 Å². The maximum atomic E-state index is 11.3. The Hall–Kier alpha value is -1.92.